The van der Waals surface area contributed by atoms with Gasteiger partial charge in [-0.1, -0.05) is 12.1 Å². The van der Waals surface area contributed by atoms with Gasteiger partial charge in [-0.25, -0.2) is 4.98 Å². The summed E-state index contributed by atoms with van der Waals surface area (Å²) in [6.45, 7) is 0. The standard InChI is InChI=1S/C16H15N3O/c17-16-9-11(5-7-19-16)8-15(20)13-3-4-14-12(10-13)2-1-6-18-14/h1-7,9-10,15,20H,8H2,(H2,17,19). The van der Waals surface area contributed by atoms with Gasteiger partial charge in [0, 0.05) is 24.2 Å². The highest BCUT2D eigenvalue weighted by Crippen LogP contribution is 2.22. The van der Waals surface area contributed by atoms with Crippen molar-refractivity contribution < 1.29 is 5.11 Å². The third-order valence-corrected chi connectivity index (χ3v) is 3.29. The number of pyridine rings is 2. The normalized spacial score (nSPS) is 12.4. The van der Waals surface area contributed by atoms with Crippen LogP contribution in [0.3, 0.4) is 0 Å². The van der Waals surface area contributed by atoms with Crippen molar-refractivity contribution in [3.05, 3.63) is 66.0 Å². The lowest BCUT2D eigenvalue weighted by atomic mass is 10.0. The van der Waals surface area contributed by atoms with Crippen molar-refractivity contribution in [2.24, 2.45) is 0 Å². The number of hydrogen-bond acceptors (Lipinski definition) is 4. The summed E-state index contributed by atoms with van der Waals surface area (Å²) in [4.78, 5) is 8.22. The molecule has 0 saturated heterocycles. The van der Waals surface area contributed by atoms with E-state index in [2.05, 4.69) is 9.97 Å². The molecule has 20 heavy (non-hydrogen) atoms. The van der Waals surface area contributed by atoms with E-state index in [9.17, 15) is 5.11 Å². The fourth-order valence-corrected chi connectivity index (χ4v) is 2.26. The molecule has 2 heterocycles. The number of fused-ring (bicyclic) bond motifs is 1. The summed E-state index contributed by atoms with van der Waals surface area (Å²) in [6.07, 6.45) is 3.36. The van der Waals surface area contributed by atoms with E-state index in [1.54, 1.807) is 18.5 Å². The molecular weight excluding hydrogens is 250 g/mol. The van der Waals surface area contributed by atoms with E-state index >= 15 is 0 Å². The van der Waals surface area contributed by atoms with Crippen LogP contribution in [0.5, 0.6) is 0 Å². The van der Waals surface area contributed by atoms with Gasteiger partial charge in [0.25, 0.3) is 0 Å². The first-order chi connectivity index (χ1) is 9.72. The molecule has 0 amide bonds. The third-order valence-electron chi connectivity index (χ3n) is 3.29. The van der Waals surface area contributed by atoms with Crippen molar-refractivity contribution in [3.8, 4) is 0 Å². The van der Waals surface area contributed by atoms with Crippen molar-refractivity contribution in [2.45, 2.75) is 12.5 Å². The molecule has 2 aromatic heterocycles. The van der Waals surface area contributed by atoms with Gasteiger partial charge in [-0.15, -0.1) is 0 Å². The predicted octanol–water partition coefficient (Wildman–Crippen LogP) is 2.49. The largest absolute Gasteiger partial charge is 0.388 e. The molecular formula is C16H15N3O. The second-order valence-electron chi connectivity index (χ2n) is 4.76. The van der Waals surface area contributed by atoms with Crippen molar-refractivity contribution in [3.63, 3.8) is 0 Å². The van der Waals surface area contributed by atoms with Gasteiger partial charge in [0.1, 0.15) is 5.82 Å². The van der Waals surface area contributed by atoms with Crippen molar-refractivity contribution in [2.75, 3.05) is 5.73 Å². The summed E-state index contributed by atoms with van der Waals surface area (Å²) in [5.74, 6) is 0.470. The molecule has 1 aromatic carbocycles. The van der Waals surface area contributed by atoms with E-state index in [1.807, 2.05) is 36.4 Å². The topological polar surface area (TPSA) is 72.0 Å². The van der Waals surface area contributed by atoms with Crippen molar-refractivity contribution in [1.29, 1.82) is 0 Å². The van der Waals surface area contributed by atoms with E-state index in [0.29, 0.717) is 12.2 Å². The zero-order chi connectivity index (χ0) is 13.9. The molecule has 0 aliphatic heterocycles. The lowest BCUT2D eigenvalue weighted by Crippen LogP contribution is -2.03. The molecule has 3 N–H and O–H groups in total. The van der Waals surface area contributed by atoms with Crippen LogP contribution in [-0.2, 0) is 6.42 Å². The maximum atomic E-state index is 10.3. The number of nitrogen functional groups attached to an aromatic ring is 1. The summed E-state index contributed by atoms with van der Waals surface area (Å²) >= 11 is 0. The van der Waals surface area contributed by atoms with Gasteiger partial charge >= 0.3 is 0 Å². The third kappa shape index (κ3) is 2.60. The molecule has 100 valence electrons. The lowest BCUT2D eigenvalue weighted by Gasteiger charge is -2.12. The van der Waals surface area contributed by atoms with Crippen LogP contribution in [0, 0.1) is 0 Å². The SMILES string of the molecule is Nc1cc(CC(O)c2ccc3ncccc3c2)ccn1. The van der Waals surface area contributed by atoms with E-state index in [0.717, 1.165) is 22.0 Å². The number of nitrogens with zero attached hydrogens (tertiary/aromatic N) is 2. The van der Waals surface area contributed by atoms with E-state index in [4.69, 9.17) is 5.73 Å². The van der Waals surface area contributed by atoms with Gasteiger partial charge in [-0.05, 0) is 41.5 Å². The Morgan fingerprint density at radius 3 is 2.80 bits per heavy atom. The van der Waals surface area contributed by atoms with Gasteiger partial charge in [-0.3, -0.25) is 4.98 Å². The van der Waals surface area contributed by atoms with E-state index in [1.165, 1.54) is 0 Å². The van der Waals surface area contributed by atoms with Gasteiger partial charge in [0.2, 0.25) is 0 Å². The number of rotatable bonds is 3. The molecule has 4 nitrogen and oxygen atoms in total. The van der Waals surface area contributed by atoms with E-state index in [-0.39, 0.29) is 0 Å². The van der Waals surface area contributed by atoms with Crippen LogP contribution in [0.1, 0.15) is 17.2 Å². The molecule has 0 saturated carbocycles. The zero-order valence-electron chi connectivity index (χ0n) is 10.9. The number of aromatic nitrogens is 2. The number of hydrogen-bond donors (Lipinski definition) is 2. The number of nitrogens with two attached hydrogens (primary N) is 1. The first kappa shape index (κ1) is 12.6. The van der Waals surface area contributed by atoms with Crippen molar-refractivity contribution >= 4 is 16.7 Å². The highest BCUT2D eigenvalue weighted by atomic mass is 16.3. The van der Waals surface area contributed by atoms with E-state index < -0.39 is 6.10 Å². The van der Waals surface area contributed by atoms with Crippen LogP contribution in [0.15, 0.2) is 54.9 Å². The van der Waals surface area contributed by atoms with Crippen LogP contribution >= 0.6 is 0 Å². The van der Waals surface area contributed by atoms with Crippen LogP contribution in [-0.4, -0.2) is 15.1 Å². The van der Waals surface area contributed by atoms with Gasteiger partial charge in [0.05, 0.1) is 11.6 Å². The maximum Gasteiger partial charge on any atom is 0.123 e. The lowest BCUT2D eigenvalue weighted by molar-refractivity contribution is 0.178. The monoisotopic (exact) mass is 265 g/mol. The Hall–Kier alpha value is -2.46. The molecule has 0 fully saturated rings. The molecule has 1 unspecified atom stereocenters. The molecule has 0 bridgehead atoms. The van der Waals surface area contributed by atoms with Crippen molar-refractivity contribution in [1.82, 2.24) is 9.97 Å². The highest BCUT2D eigenvalue weighted by Gasteiger charge is 2.10. The Morgan fingerprint density at radius 2 is 1.95 bits per heavy atom. The molecule has 0 aliphatic rings. The smallest absolute Gasteiger partial charge is 0.123 e. The summed E-state index contributed by atoms with van der Waals surface area (Å²) in [5.41, 5.74) is 8.42. The minimum Gasteiger partial charge on any atom is -0.388 e. The summed E-state index contributed by atoms with van der Waals surface area (Å²) < 4.78 is 0. The Morgan fingerprint density at radius 1 is 1.05 bits per heavy atom. The molecule has 1 atom stereocenters. The van der Waals surface area contributed by atoms with Gasteiger partial charge < -0.3 is 10.8 Å². The zero-order valence-corrected chi connectivity index (χ0v) is 10.9. The number of benzene rings is 1. The minimum absolute atomic E-state index is 0.470. The quantitative estimate of drug-likeness (QED) is 0.763. The minimum atomic E-state index is -0.568. The number of anilines is 1. The average Bonchev–Trinajstić information content (AvgIpc) is 2.47. The van der Waals surface area contributed by atoms with Crippen LogP contribution in [0.4, 0.5) is 5.82 Å². The molecule has 3 aromatic rings. The Balaban J connectivity index is 1.86. The molecule has 3 rings (SSSR count). The van der Waals surface area contributed by atoms with Crippen LogP contribution in [0.25, 0.3) is 10.9 Å². The maximum absolute atomic E-state index is 10.3. The fourth-order valence-electron chi connectivity index (χ4n) is 2.26. The molecule has 0 radical (unpaired) electrons. The number of aliphatic hydroxyl groups excluding tert-OH is 1. The second kappa shape index (κ2) is 5.27. The van der Waals surface area contributed by atoms with Gasteiger partial charge in [0.15, 0.2) is 0 Å². The summed E-state index contributed by atoms with van der Waals surface area (Å²) in [6, 6.07) is 13.3. The summed E-state index contributed by atoms with van der Waals surface area (Å²) in [5, 5.41) is 11.4. The molecule has 0 spiro atoms. The Kier molecular flexibility index (Phi) is 3.31. The second-order valence-corrected chi connectivity index (χ2v) is 4.76. The van der Waals surface area contributed by atoms with Crippen LogP contribution < -0.4 is 5.73 Å². The Bertz CT molecular complexity index is 742. The first-order valence-electron chi connectivity index (χ1n) is 6.45. The summed E-state index contributed by atoms with van der Waals surface area (Å²) in [7, 11) is 0. The number of aliphatic hydroxyl groups is 1. The van der Waals surface area contributed by atoms with Gasteiger partial charge in [-0.2, -0.15) is 0 Å². The first-order valence-corrected chi connectivity index (χ1v) is 6.45. The molecule has 0 aliphatic carbocycles. The fraction of sp³-hybridized carbons (Fsp3) is 0.125. The Labute approximate surface area is 116 Å². The van der Waals surface area contributed by atoms with Crippen LogP contribution in [0.2, 0.25) is 0 Å². The highest BCUT2D eigenvalue weighted by molar-refractivity contribution is 5.79. The molecule has 4 heteroatoms. The predicted molar refractivity (Wildman–Crippen MR) is 79.1 cm³/mol. The average molecular weight is 265 g/mol.